The number of nitrogens with one attached hydrogen (secondary N) is 1. The van der Waals surface area contributed by atoms with E-state index in [-0.39, 0.29) is 17.9 Å². The molecule has 3 atom stereocenters. The minimum absolute atomic E-state index is 0.0656. The van der Waals surface area contributed by atoms with Crippen LogP contribution in [0.2, 0.25) is 0 Å². The van der Waals surface area contributed by atoms with E-state index in [4.69, 9.17) is 4.74 Å². The zero-order chi connectivity index (χ0) is 22.8. The van der Waals surface area contributed by atoms with Gasteiger partial charge in [0.25, 0.3) is 11.8 Å². The molecule has 2 amide bonds. The number of likely N-dealkylation sites (N-methyl/N-ethyl adjacent to an activating group) is 1. The summed E-state index contributed by atoms with van der Waals surface area (Å²) in [6.45, 7) is 4.48. The Balaban J connectivity index is 1.53. The van der Waals surface area contributed by atoms with E-state index >= 15 is 0 Å². The standard InChI is InChI=1S/C26H30N2O3S/c1-16-6-5-7-21(17(16)2)27-25(29)19-10-13-23-22(15-19)28(3)26(30)24(32-23)14-18-8-11-20(31-4)12-9-18/h8-17,21H,5-7H2,1-4H3,(H,27,29)/b24-14-. The highest BCUT2D eigenvalue weighted by molar-refractivity contribution is 8.04. The summed E-state index contributed by atoms with van der Waals surface area (Å²) in [5, 5.41) is 3.23. The minimum Gasteiger partial charge on any atom is -0.497 e. The number of hydrogen-bond donors (Lipinski definition) is 1. The highest BCUT2D eigenvalue weighted by Crippen LogP contribution is 2.42. The number of thioether (sulfide) groups is 1. The van der Waals surface area contributed by atoms with Gasteiger partial charge in [0.15, 0.2) is 0 Å². The highest BCUT2D eigenvalue weighted by atomic mass is 32.2. The Morgan fingerprint density at radius 1 is 1.16 bits per heavy atom. The third kappa shape index (κ3) is 4.56. The van der Waals surface area contributed by atoms with Crippen molar-refractivity contribution in [2.45, 2.75) is 44.0 Å². The molecular weight excluding hydrogens is 420 g/mol. The van der Waals surface area contributed by atoms with Crippen LogP contribution >= 0.6 is 11.8 Å². The molecule has 1 aliphatic heterocycles. The van der Waals surface area contributed by atoms with Gasteiger partial charge in [-0.25, -0.2) is 0 Å². The topological polar surface area (TPSA) is 58.6 Å². The van der Waals surface area contributed by atoms with Gasteiger partial charge in [0.2, 0.25) is 0 Å². The van der Waals surface area contributed by atoms with E-state index < -0.39 is 0 Å². The van der Waals surface area contributed by atoms with Gasteiger partial charge in [0.1, 0.15) is 5.75 Å². The number of anilines is 1. The molecule has 0 radical (unpaired) electrons. The Morgan fingerprint density at radius 3 is 2.62 bits per heavy atom. The molecule has 5 nitrogen and oxygen atoms in total. The molecule has 32 heavy (non-hydrogen) atoms. The second-order valence-corrected chi connectivity index (χ2v) is 9.86. The van der Waals surface area contributed by atoms with Crippen LogP contribution in [0.25, 0.3) is 6.08 Å². The number of carbonyl (C=O) groups is 2. The molecule has 168 valence electrons. The molecular formula is C26H30N2O3S. The summed E-state index contributed by atoms with van der Waals surface area (Å²) in [6.07, 6.45) is 5.29. The van der Waals surface area contributed by atoms with Crippen LogP contribution in [0.5, 0.6) is 5.75 Å². The van der Waals surface area contributed by atoms with Gasteiger partial charge >= 0.3 is 0 Å². The Kier molecular flexibility index (Phi) is 6.60. The number of amides is 2. The average Bonchev–Trinajstić information content (AvgIpc) is 2.80. The van der Waals surface area contributed by atoms with E-state index in [2.05, 4.69) is 19.2 Å². The molecule has 1 fully saturated rings. The lowest BCUT2D eigenvalue weighted by atomic mass is 9.78. The summed E-state index contributed by atoms with van der Waals surface area (Å²) in [4.78, 5) is 29.2. The molecule has 1 aliphatic carbocycles. The van der Waals surface area contributed by atoms with E-state index in [1.54, 1.807) is 19.1 Å². The molecule has 0 bridgehead atoms. The van der Waals surface area contributed by atoms with E-state index in [1.165, 1.54) is 18.2 Å². The van der Waals surface area contributed by atoms with E-state index in [1.807, 2.05) is 48.5 Å². The van der Waals surface area contributed by atoms with Gasteiger partial charge < -0.3 is 15.0 Å². The molecule has 6 heteroatoms. The maximum Gasteiger partial charge on any atom is 0.264 e. The molecule has 2 aliphatic rings. The van der Waals surface area contributed by atoms with Crippen LogP contribution in [-0.4, -0.2) is 32.0 Å². The van der Waals surface area contributed by atoms with Crippen LogP contribution in [0.1, 0.15) is 49.0 Å². The lowest BCUT2D eigenvalue weighted by Crippen LogP contribution is -2.43. The van der Waals surface area contributed by atoms with E-state index in [0.29, 0.717) is 22.3 Å². The largest absolute Gasteiger partial charge is 0.497 e. The number of fused-ring (bicyclic) bond motifs is 1. The molecule has 2 aromatic carbocycles. The van der Waals surface area contributed by atoms with Crippen LogP contribution in [0, 0.1) is 11.8 Å². The quantitative estimate of drug-likeness (QED) is 0.637. The molecule has 1 heterocycles. The molecule has 1 saturated carbocycles. The molecule has 2 aromatic rings. The van der Waals surface area contributed by atoms with Crippen molar-refractivity contribution >= 4 is 35.3 Å². The summed E-state index contributed by atoms with van der Waals surface area (Å²) in [5.74, 6) is 1.72. The Hall–Kier alpha value is -2.73. The van der Waals surface area contributed by atoms with E-state index in [9.17, 15) is 9.59 Å². The van der Waals surface area contributed by atoms with Gasteiger partial charge in [-0.05, 0) is 60.2 Å². The number of carbonyl (C=O) groups excluding carboxylic acids is 2. The van der Waals surface area contributed by atoms with Gasteiger partial charge in [-0.3, -0.25) is 9.59 Å². The van der Waals surface area contributed by atoms with Gasteiger partial charge in [0, 0.05) is 23.5 Å². The van der Waals surface area contributed by atoms with Crippen LogP contribution in [0.4, 0.5) is 5.69 Å². The summed E-state index contributed by atoms with van der Waals surface area (Å²) in [6, 6.07) is 13.4. The first-order chi connectivity index (χ1) is 15.4. The lowest BCUT2D eigenvalue weighted by molar-refractivity contribution is -0.114. The van der Waals surface area contributed by atoms with Gasteiger partial charge in [0.05, 0.1) is 17.7 Å². The second-order valence-electron chi connectivity index (χ2n) is 8.78. The minimum atomic E-state index is -0.0781. The van der Waals surface area contributed by atoms with E-state index in [0.717, 1.165) is 34.7 Å². The van der Waals surface area contributed by atoms with Crippen molar-refractivity contribution in [1.29, 1.82) is 0 Å². The number of ether oxygens (including phenoxy) is 1. The highest BCUT2D eigenvalue weighted by Gasteiger charge is 2.30. The van der Waals surface area contributed by atoms with Gasteiger partial charge in [-0.1, -0.05) is 50.6 Å². The average molecular weight is 451 g/mol. The fraction of sp³-hybridized carbons (Fsp3) is 0.385. The monoisotopic (exact) mass is 450 g/mol. The number of rotatable bonds is 4. The summed E-state index contributed by atoms with van der Waals surface area (Å²) < 4.78 is 5.20. The Labute approximate surface area is 194 Å². The summed E-state index contributed by atoms with van der Waals surface area (Å²) in [7, 11) is 3.39. The SMILES string of the molecule is COc1ccc(/C=C2\Sc3ccc(C(=O)NC4CCCC(C)C4C)cc3N(C)C2=O)cc1. The molecule has 1 N–H and O–H groups in total. The van der Waals surface area contributed by atoms with Gasteiger partial charge in [-0.15, -0.1) is 0 Å². The van der Waals surface area contributed by atoms with Crippen molar-refractivity contribution in [2.75, 3.05) is 19.1 Å². The van der Waals surface area contributed by atoms with Crippen molar-refractivity contribution in [3.8, 4) is 5.75 Å². The Bertz CT molecular complexity index is 1050. The van der Waals surface area contributed by atoms with Crippen LogP contribution in [0.15, 0.2) is 52.3 Å². The zero-order valence-electron chi connectivity index (χ0n) is 19.1. The second kappa shape index (κ2) is 9.41. The van der Waals surface area contributed by atoms with Gasteiger partial charge in [-0.2, -0.15) is 0 Å². The van der Waals surface area contributed by atoms with Crippen LogP contribution in [-0.2, 0) is 4.79 Å². The lowest BCUT2D eigenvalue weighted by Gasteiger charge is -2.34. The number of hydrogen-bond acceptors (Lipinski definition) is 4. The number of benzene rings is 2. The molecule has 3 unspecified atom stereocenters. The van der Waals surface area contributed by atoms with Crippen molar-refractivity contribution in [3.63, 3.8) is 0 Å². The normalized spacial score (nSPS) is 24.2. The smallest absolute Gasteiger partial charge is 0.264 e. The van der Waals surface area contributed by atoms with Crippen LogP contribution < -0.4 is 15.0 Å². The first kappa shape index (κ1) is 22.5. The fourth-order valence-corrected chi connectivity index (χ4v) is 5.52. The van der Waals surface area contributed by atoms with Crippen molar-refractivity contribution < 1.29 is 14.3 Å². The first-order valence-corrected chi connectivity index (χ1v) is 12.0. The predicted octanol–water partition coefficient (Wildman–Crippen LogP) is 5.36. The maximum atomic E-state index is 13.0. The van der Waals surface area contributed by atoms with Crippen molar-refractivity contribution in [1.82, 2.24) is 5.32 Å². The zero-order valence-corrected chi connectivity index (χ0v) is 19.9. The first-order valence-electron chi connectivity index (χ1n) is 11.1. The van der Waals surface area contributed by atoms with Crippen molar-refractivity contribution in [2.24, 2.45) is 11.8 Å². The number of nitrogens with zero attached hydrogens (tertiary/aromatic N) is 1. The molecule has 4 rings (SSSR count). The molecule has 0 saturated heterocycles. The Morgan fingerprint density at radius 2 is 1.91 bits per heavy atom. The molecule has 0 spiro atoms. The maximum absolute atomic E-state index is 13.0. The fourth-order valence-electron chi connectivity index (χ4n) is 4.42. The van der Waals surface area contributed by atoms with Crippen molar-refractivity contribution in [3.05, 3.63) is 58.5 Å². The molecule has 0 aromatic heterocycles. The summed E-state index contributed by atoms with van der Waals surface area (Å²) in [5.41, 5.74) is 2.30. The number of methoxy groups -OCH3 is 1. The third-order valence-electron chi connectivity index (χ3n) is 6.75. The van der Waals surface area contributed by atoms with Crippen LogP contribution in [0.3, 0.4) is 0 Å². The summed E-state index contributed by atoms with van der Waals surface area (Å²) >= 11 is 1.44. The predicted molar refractivity (Wildman–Crippen MR) is 130 cm³/mol. The third-order valence-corrected chi connectivity index (χ3v) is 7.83.